The highest BCUT2D eigenvalue weighted by molar-refractivity contribution is 5.80. The third-order valence-corrected chi connectivity index (χ3v) is 3.70. The Kier molecular flexibility index (Phi) is 2.62. The lowest BCUT2D eigenvalue weighted by atomic mass is 9.90. The van der Waals surface area contributed by atoms with Crippen LogP contribution in [0.1, 0.15) is 26.7 Å². The van der Waals surface area contributed by atoms with Crippen molar-refractivity contribution in [2.24, 2.45) is 0 Å². The molecule has 2 aliphatic heterocycles. The average Bonchev–Trinajstić information content (AvgIpc) is 2.06. The lowest BCUT2D eigenvalue weighted by molar-refractivity contribution is -0.128. The van der Waals surface area contributed by atoms with E-state index in [9.17, 15) is 4.79 Å². The van der Waals surface area contributed by atoms with Crippen molar-refractivity contribution in [3.63, 3.8) is 0 Å². The molecule has 2 rings (SSSR count). The third-order valence-electron chi connectivity index (χ3n) is 3.70. The second-order valence-corrected chi connectivity index (χ2v) is 4.97. The number of piperazine rings is 1. The summed E-state index contributed by atoms with van der Waals surface area (Å²) in [5.41, 5.74) is 0. The zero-order valence-electron chi connectivity index (χ0n) is 9.36. The molecule has 2 fully saturated rings. The van der Waals surface area contributed by atoms with Crippen LogP contribution in [0.5, 0.6) is 0 Å². The molecule has 2 atom stereocenters. The van der Waals surface area contributed by atoms with Crippen LogP contribution in [-0.4, -0.2) is 53.8 Å². The maximum atomic E-state index is 11.5. The topological polar surface area (TPSA) is 23.6 Å². The molecule has 2 aliphatic rings. The fourth-order valence-corrected chi connectivity index (χ4v) is 2.62. The minimum absolute atomic E-state index is 0.460. The van der Waals surface area contributed by atoms with Crippen molar-refractivity contribution >= 4 is 5.78 Å². The molecule has 0 radical (unpaired) electrons. The Morgan fingerprint density at radius 3 is 2.14 bits per heavy atom. The summed E-state index contributed by atoms with van der Waals surface area (Å²) >= 11 is 0. The molecule has 80 valence electrons. The number of likely N-dealkylation sites (N-methyl/N-ethyl adjacent to an activating group) is 1. The summed E-state index contributed by atoms with van der Waals surface area (Å²) in [5.74, 6) is 0.460. The minimum atomic E-state index is 0.460. The number of Topliss-reactive ketones (excluding diaryl/α,β-unsaturated/α-hetero) is 1. The molecular weight excluding hydrogens is 176 g/mol. The average molecular weight is 196 g/mol. The Morgan fingerprint density at radius 1 is 1.21 bits per heavy atom. The van der Waals surface area contributed by atoms with Gasteiger partial charge >= 0.3 is 0 Å². The minimum Gasteiger partial charge on any atom is -0.300 e. The van der Waals surface area contributed by atoms with E-state index >= 15 is 0 Å². The number of carbonyl (C=O) groups is 1. The lowest BCUT2D eigenvalue weighted by Crippen LogP contribution is -2.62. The van der Waals surface area contributed by atoms with Crippen LogP contribution in [0, 0.1) is 0 Å². The molecule has 2 saturated heterocycles. The van der Waals surface area contributed by atoms with Crippen molar-refractivity contribution in [2.75, 3.05) is 20.1 Å². The molecule has 3 heteroatoms. The first-order valence-corrected chi connectivity index (χ1v) is 5.55. The van der Waals surface area contributed by atoms with Crippen LogP contribution in [0.2, 0.25) is 0 Å². The van der Waals surface area contributed by atoms with Crippen molar-refractivity contribution in [3.05, 3.63) is 0 Å². The number of likely N-dealkylation sites (tertiary alicyclic amines) is 1. The predicted octanol–water partition coefficient (Wildman–Crippen LogP) is 0.742. The molecule has 0 aromatic carbocycles. The SMILES string of the molecule is CC(C)N1CC2CC(=O)CC(C1)N2C. The van der Waals surface area contributed by atoms with Gasteiger partial charge in [0.25, 0.3) is 0 Å². The van der Waals surface area contributed by atoms with Gasteiger partial charge in [-0.15, -0.1) is 0 Å². The molecule has 14 heavy (non-hydrogen) atoms. The standard InChI is InChI=1S/C11H20N2O/c1-8(2)13-6-9-4-11(14)5-10(7-13)12(9)3/h8-10H,4-7H2,1-3H3. The highest BCUT2D eigenvalue weighted by atomic mass is 16.1. The second kappa shape index (κ2) is 3.63. The first-order valence-electron chi connectivity index (χ1n) is 5.55. The Labute approximate surface area is 86.1 Å². The number of hydrogen-bond donors (Lipinski definition) is 0. The number of carbonyl (C=O) groups excluding carboxylic acids is 1. The molecular formula is C11H20N2O. The van der Waals surface area contributed by atoms with E-state index in [1.807, 2.05) is 0 Å². The van der Waals surface area contributed by atoms with Crippen LogP contribution < -0.4 is 0 Å². The molecule has 0 amide bonds. The van der Waals surface area contributed by atoms with Gasteiger partial charge in [0.2, 0.25) is 0 Å². The largest absolute Gasteiger partial charge is 0.300 e. The summed E-state index contributed by atoms with van der Waals surface area (Å²) in [6, 6.07) is 1.55. The van der Waals surface area contributed by atoms with Gasteiger partial charge in [0, 0.05) is 44.1 Å². The van der Waals surface area contributed by atoms with Gasteiger partial charge in [-0.25, -0.2) is 0 Å². The van der Waals surface area contributed by atoms with E-state index in [1.165, 1.54) is 0 Å². The number of nitrogens with zero attached hydrogens (tertiary/aromatic N) is 2. The fraction of sp³-hybridized carbons (Fsp3) is 0.909. The highest BCUT2D eigenvalue weighted by Gasteiger charge is 2.38. The van der Waals surface area contributed by atoms with E-state index in [1.54, 1.807) is 0 Å². The second-order valence-electron chi connectivity index (χ2n) is 4.97. The van der Waals surface area contributed by atoms with E-state index in [0.29, 0.717) is 23.9 Å². The smallest absolute Gasteiger partial charge is 0.136 e. The maximum Gasteiger partial charge on any atom is 0.136 e. The van der Waals surface area contributed by atoms with Gasteiger partial charge in [-0.3, -0.25) is 14.6 Å². The van der Waals surface area contributed by atoms with Crippen LogP contribution in [-0.2, 0) is 4.79 Å². The molecule has 0 spiro atoms. The molecule has 0 saturated carbocycles. The summed E-state index contributed by atoms with van der Waals surface area (Å²) < 4.78 is 0. The van der Waals surface area contributed by atoms with Gasteiger partial charge < -0.3 is 0 Å². The number of piperidine rings is 1. The first-order chi connectivity index (χ1) is 6.58. The zero-order chi connectivity index (χ0) is 10.3. The molecule has 0 aliphatic carbocycles. The van der Waals surface area contributed by atoms with Crippen LogP contribution in [0.3, 0.4) is 0 Å². The number of rotatable bonds is 1. The van der Waals surface area contributed by atoms with Gasteiger partial charge in [0.05, 0.1) is 0 Å². The Bertz CT molecular complexity index is 221. The van der Waals surface area contributed by atoms with Crippen molar-refractivity contribution in [1.29, 1.82) is 0 Å². The maximum absolute atomic E-state index is 11.5. The first kappa shape index (κ1) is 10.1. The van der Waals surface area contributed by atoms with Crippen molar-refractivity contribution in [2.45, 2.75) is 44.8 Å². The van der Waals surface area contributed by atoms with Crippen LogP contribution in [0.25, 0.3) is 0 Å². The molecule has 0 aromatic heterocycles. The summed E-state index contributed by atoms with van der Waals surface area (Å²) in [4.78, 5) is 16.4. The van der Waals surface area contributed by atoms with Crippen LogP contribution >= 0.6 is 0 Å². The Hall–Kier alpha value is -0.410. The Morgan fingerprint density at radius 2 is 1.71 bits per heavy atom. The van der Waals surface area contributed by atoms with Crippen molar-refractivity contribution < 1.29 is 4.79 Å². The van der Waals surface area contributed by atoms with Crippen LogP contribution in [0.15, 0.2) is 0 Å². The Balaban J connectivity index is 2.09. The molecule has 2 bridgehead atoms. The summed E-state index contributed by atoms with van der Waals surface area (Å²) in [6.07, 6.45) is 1.52. The fourth-order valence-electron chi connectivity index (χ4n) is 2.62. The predicted molar refractivity (Wildman–Crippen MR) is 56.3 cm³/mol. The highest BCUT2D eigenvalue weighted by Crippen LogP contribution is 2.25. The molecule has 0 aromatic rings. The molecule has 0 N–H and O–H groups in total. The monoisotopic (exact) mass is 196 g/mol. The van der Waals surface area contributed by atoms with E-state index < -0.39 is 0 Å². The van der Waals surface area contributed by atoms with E-state index in [4.69, 9.17) is 0 Å². The van der Waals surface area contributed by atoms with E-state index in [0.717, 1.165) is 25.9 Å². The van der Waals surface area contributed by atoms with Gasteiger partial charge in [-0.1, -0.05) is 0 Å². The van der Waals surface area contributed by atoms with Gasteiger partial charge in [-0.2, -0.15) is 0 Å². The lowest BCUT2D eigenvalue weighted by Gasteiger charge is -2.49. The number of hydrogen-bond acceptors (Lipinski definition) is 3. The third kappa shape index (κ3) is 1.71. The molecule has 2 heterocycles. The summed E-state index contributed by atoms with van der Waals surface area (Å²) in [6.45, 7) is 6.61. The quantitative estimate of drug-likeness (QED) is 0.618. The van der Waals surface area contributed by atoms with Gasteiger partial charge in [0.15, 0.2) is 0 Å². The number of ketones is 1. The normalized spacial score (nSPS) is 35.3. The number of fused-ring (bicyclic) bond motifs is 2. The van der Waals surface area contributed by atoms with Gasteiger partial charge in [-0.05, 0) is 20.9 Å². The van der Waals surface area contributed by atoms with E-state index in [-0.39, 0.29) is 0 Å². The van der Waals surface area contributed by atoms with E-state index in [2.05, 4.69) is 30.7 Å². The van der Waals surface area contributed by atoms with Crippen LogP contribution in [0.4, 0.5) is 0 Å². The van der Waals surface area contributed by atoms with Gasteiger partial charge in [0.1, 0.15) is 5.78 Å². The zero-order valence-corrected chi connectivity index (χ0v) is 9.36. The summed E-state index contributed by atoms with van der Waals surface area (Å²) in [5, 5.41) is 0. The molecule has 2 unspecified atom stereocenters. The summed E-state index contributed by atoms with van der Waals surface area (Å²) in [7, 11) is 2.17. The van der Waals surface area contributed by atoms with Crippen molar-refractivity contribution in [3.8, 4) is 0 Å². The molecule has 3 nitrogen and oxygen atoms in total. The van der Waals surface area contributed by atoms with Crippen molar-refractivity contribution in [1.82, 2.24) is 9.80 Å².